The van der Waals surface area contributed by atoms with Gasteiger partial charge >= 0.3 is 0 Å². The molecule has 0 bridgehead atoms. The molecule has 0 amide bonds. The predicted octanol–water partition coefficient (Wildman–Crippen LogP) is 2.52. The molecule has 1 unspecified atom stereocenters. The van der Waals surface area contributed by atoms with Gasteiger partial charge in [0.25, 0.3) is 0 Å². The average molecular weight is 223 g/mol. The largest absolute Gasteiger partial charge is 0.496 e. The average Bonchev–Trinajstić information content (AvgIpc) is 3.02. The van der Waals surface area contributed by atoms with E-state index in [0.717, 1.165) is 17.7 Å². The van der Waals surface area contributed by atoms with Gasteiger partial charge in [0.2, 0.25) is 0 Å². The Morgan fingerprint density at radius 3 is 2.88 bits per heavy atom. The van der Waals surface area contributed by atoms with Gasteiger partial charge in [0.05, 0.1) is 7.11 Å². The Labute approximate surface area is 95.8 Å². The van der Waals surface area contributed by atoms with Gasteiger partial charge in [-0.2, -0.15) is 0 Å². The lowest BCUT2D eigenvalue weighted by atomic mass is 10.1. The lowest BCUT2D eigenvalue weighted by Gasteiger charge is -2.15. The summed E-state index contributed by atoms with van der Waals surface area (Å²) < 4.78 is 18.4. The van der Waals surface area contributed by atoms with Crippen LogP contribution >= 0.6 is 0 Å². The van der Waals surface area contributed by atoms with E-state index in [0.29, 0.717) is 12.1 Å². The molecule has 16 heavy (non-hydrogen) atoms. The van der Waals surface area contributed by atoms with Crippen molar-refractivity contribution in [1.29, 1.82) is 0 Å². The molecule has 1 atom stereocenters. The zero-order chi connectivity index (χ0) is 11.5. The fourth-order valence-electron chi connectivity index (χ4n) is 1.95. The Morgan fingerprint density at radius 2 is 2.25 bits per heavy atom. The molecule has 2 rings (SSSR count). The standard InChI is InChI=1S/C13H18FNO/c1-9(15-12-4-5-12)7-10-8-11(14)3-6-13(10)16-2/h3,6,8-9,12,15H,4-5,7H2,1-2H3. The van der Waals surface area contributed by atoms with Crippen molar-refractivity contribution in [2.24, 2.45) is 0 Å². The molecule has 2 nitrogen and oxygen atoms in total. The van der Waals surface area contributed by atoms with Crippen LogP contribution in [0.2, 0.25) is 0 Å². The fourth-order valence-corrected chi connectivity index (χ4v) is 1.95. The third-order valence-corrected chi connectivity index (χ3v) is 2.87. The number of hydrogen-bond acceptors (Lipinski definition) is 2. The van der Waals surface area contributed by atoms with Gasteiger partial charge in [-0.15, -0.1) is 0 Å². The van der Waals surface area contributed by atoms with Crippen LogP contribution in [0.15, 0.2) is 18.2 Å². The summed E-state index contributed by atoms with van der Waals surface area (Å²) in [7, 11) is 1.62. The monoisotopic (exact) mass is 223 g/mol. The zero-order valence-electron chi connectivity index (χ0n) is 9.79. The van der Waals surface area contributed by atoms with Gasteiger partial charge in [-0.3, -0.25) is 0 Å². The van der Waals surface area contributed by atoms with E-state index >= 15 is 0 Å². The SMILES string of the molecule is COc1ccc(F)cc1CC(C)NC1CC1. The van der Waals surface area contributed by atoms with E-state index in [1.165, 1.54) is 18.9 Å². The maximum Gasteiger partial charge on any atom is 0.123 e. The van der Waals surface area contributed by atoms with Crippen molar-refractivity contribution in [3.05, 3.63) is 29.6 Å². The molecule has 3 heteroatoms. The summed E-state index contributed by atoms with van der Waals surface area (Å²) in [6.07, 6.45) is 3.34. The number of nitrogens with one attached hydrogen (secondary N) is 1. The van der Waals surface area contributed by atoms with Crippen LogP contribution in [-0.4, -0.2) is 19.2 Å². The Bertz CT molecular complexity index is 363. The number of ether oxygens (including phenoxy) is 1. The lowest BCUT2D eigenvalue weighted by Crippen LogP contribution is -2.30. The Balaban J connectivity index is 2.02. The second-order valence-corrected chi connectivity index (χ2v) is 4.50. The molecule has 0 aromatic heterocycles. The topological polar surface area (TPSA) is 21.3 Å². The maximum absolute atomic E-state index is 13.1. The summed E-state index contributed by atoms with van der Waals surface area (Å²) in [5, 5.41) is 3.50. The van der Waals surface area contributed by atoms with Gasteiger partial charge in [0.1, 0.15) is 11.6 Å². The molecule has 0 saturated heterocycles. The zero-order valence-corrected chi connectivity index (χ0v) is 9.79. The molecule has 0 spiro atoms. The van der Waals surface area contributed by atoms with E-state index in [-0.39, 0.29) is 5.82 Å². The first-order valence-electron chi connectivity index (χ1n) is 5.77. The highest BCUT2D eigenvalue weighted by Gasteiger charge is 2.23. The molecule has 1 aromatic carbocycles. The number of rotatable bonds is 5. The van der Waals surface area contributed by atoms with Gasteiger partial charge in [0, 0.05) is 12.1 Å². The van der Waals surface area contributed by atoms with Gasteiger partial charge in [-0.25, -0.2) is 4.39 Å². The van der Waals surface area contributed by atoms with Crippen LogP contribution in [-0.2, 0) is 6.42 Å². The number of benzene rings is 1. The third-order valence-electron chi connectivity index (χ3n) is 2.87. The summed E-state index contributed by atoms with van der Waals surface area (Å²) >= 11 is 0. The van der Waals surface area contributed by atoms with Crippen LogP contribution in [0.25, 0.3) is 0 Å². The first-order valence-corrected chi connectivity index (χ1v) is 5.77. The summed E-state index contributed by atoms with van der Waals surface area (Å²) in [6, 6.07) is 5.72. The van der Waals surface area contributed by atoms with E-state index in [9.17, 15) is 4.39 Å². The van der Waals surface area contributed by atoms with E-state index in [1.807, 2.05) is 0 Å². The number of methoxy groups -OCH3 is 1. The first-order chi connectivity index (χ1) is 7.69. The highest BCUT2D eigenvalue weighted by atomic mass is 19.1. The fraction of sp³-hybridized carbons (Fsp3) is 0.538. The first kappa shape index (κ1) is 11.4. The van der Waals surface area contributed by atoms with Crippen molar-refractivity contribution >= 4 is 0 Å². The third kappa shape index (κ3) is 2.95. The molecular weight excluding hydrogens is 205 g/mol. The van der Waals surface area contributed by atoms with Crippen LogP contribution in [0.4, 0.5) is 4.39 Å². The molecule has 1 N–H and O–H groups in total. The Kier molecular flexibility index (Phi) is 3.44. The van der Waals surface area contributed by atoms with Crippen LogP contribution in [0.5, 0.6) is 5.75 Å². The molecule has 0 aliphatic heterocycles. The Hall–Kier alpha value is -1.09. The van der Waals surface area contributed by atoms with Crippen LogP contribution < -0.4 is 10.1 Å². The molecule has 1 fully saturated rings. The highest BCUT2D eigenvalue weighted by Crippen LogP contribution is 2.23. The van der Waals surface area contributed by atoms with Gasteiger partial charge in [-0.1, -0.05) is 0 Å². The minimum absolute atomic E-state index is 0.200. The van der Waals surface area contributed by atoms with E-state index in [4.69, 9.17) is 4.74 Å². The Morgan fingerprint density at radius 1 is 1.50 bits per heavy atom. The number of hydrogen-bond donors (Lipinski definition) is 1. The smallest absolute Gasteiger partial charge is 0.123 e. The van der Waals surface area contributed by atoms with Crippen molar-refractivity contribution in [2.45, 2.75) is 38.3 Å². The van der Waals surface area contributed by atoms with E-state index in [1.54, 1.807) is 19.2 Å². The van der Waals surface area contributed by atoms with Gasteiger partial charge in [0.15, 0.2) is 0 Å². The summed E-state index contributed by atoms with van der Waals surface area (Å²) in [5.74, 6) is 0.570. The van der Waals surface area contributed by atoms with Crippen molar-refractivity contribution in [3.8, 4) is 5.75 Å². The molecule has 1 aliphatic carbocycles. The van der Waals surface area contributed by atoms with Crippen LogP contribution in [0, 0.1) is 5.82 Å². The van der Waals surface area contributed by atoms with Crippen molar-refractivity contribution in [3.63, 3.8) is 0 Å². The summed E-state index contributed by atoms with van der Waals surface area (Å²) in [6.45, 7) is 2.13. The quantitative estimate of drug-likeness (QED) is 0.828. The van der Waals surface area contributed by atoms with E-state index in [2.05, 4.69) is 12.2 Å². The van der Waals surface area contributed by atoms with Gasteiger partial charge < -0.3 is 10.1 Å². The predicted molar refractivity (Wildman–Crippen MR) is 62.3 cm³/mol. The molecule has 0 heterocycles. The minimum atomic E-state index is -0.200. The summed E-state index contributed by atoms with van der Waals surface area (Å²) in [5.41, 5.74) is 0.933. The molecule has 1 aliphatic rings. The normalized spacial score (nSPS) is 17.2. The minimum Gasteiger partial charge on any atom is -0.496 e. The molecule has 1 saturated carbocycles. The highest BCUT2D eigenvalue weighted by molar-refractivity contribution is 5.34. The molecule has 88 valence electrons. The second kappa shape index (κ2) is 4.83. The van der Waals surface area contributed by atoms with Crippen LogP contribution in [0.3, 0.4) is 0 Å². The van der Waals surface area contributed by atoms with Gasteiger partial charge in [-0.05, 0) is 49.9 Å². The van der Waals surface area contributed by atoms with Crippen LogP contribution in [0.1, 0.15) is 25.3 Å². The number of halogens is 1. The lowest BCUT2D eigenvalue weighted by molar-refractivity contribution is 0.404. The van der Waals surface area contributed by atoms with Crippen molar-refractivity contribution in [1.82, 2.24) is 5.32 Å². The summed E-state index contributed by atoms with van der Waals surface area (Å²) in [4.78, 5) is 0. The molecule has 1 aromatic rings. The molecular formula is C13H18FNO. The molecule has 0 radical (unpaired) electrons. The second-order valence-electron chi connectivity index (χ2n) is 4.50. The van der Waals surface area contributed by atoms with Crippen molar-refractivity contribution < 1.29 is 9.13 Å². The van der Waals surface area contributed by atoms with E-state index < -0.39 is 0 Å². The van der Waals surface area contributed by atoms with Crippen molar-refractivity contribution in [2.75, 3.05) is 7.11 Å². The maximum atomic E-state index is 13.1.